The predicted octanol–water partition coefficient (Wildman–Crippen LogP) is 5.12. The van der Waals surface area contributed by atoms with Gasteiger partial charge in [0.15, 0.2) is 0 Å². The standard InChI is InChI=1S/C21H23ClFN3O2/c1-12(2)20-19(11-28-15-8-9-16(14(4)27)13(3)10-15)26(25-24-20)21-17(22)6-5-7-18(21)23/h5-10,12,14,27H,11H2,1-4H3. The molecule has 5 nitrogen and oxygen atoms in total. The van der Waals surface area contributed by atoms with Crippen LogP contribution in [0.4, 0.5) is 4.39 Å². The molecule has 28 heavy (non-hydrogen) atoms. The minimum atomic E-state index is -0.546. The Morgan fingerprint density at radius 3 is 2.57 bits per heavy atom. The Morgan fingerprint density at radius 1 is 1.21 bits per heavy atom. The van der Waals surface area contributed by atoms with E-state index in [9.17, 15) is 9.50 Å². The van der Waals surface area contributed by atoms with E-state index in [1.165, 1.54) is 10.7 Å². The molecule has 2 aromatic carbocycles. The van der Waals surface area contributed by atoms with Crippen LogP contribution in [0.2, 0.25) is 5.02 Å². The van der Waals surface area contributed by atoms with Crippen molar-refractivity contribution in [3.63, 3.8) is 0 Å². The van der Waals surface area contributed by atoms with Crippen molar-refractivity contribution in [1.82, 2.24) is 15.0 Å². The highest BCUT2D eigenvalue weighted by Gasteiger charge is 2.21. The quantitative estimate of drug-likeness (QED) is 0.620. The van der Waals surface area contributed by atoms with Gasteiger partial charge in [-0.3, -0.25) is 0 Å². The van der Waals surface area contributed by atoms with E-state index >= 15 is 0 Å². The third kappa shape index (κ3) is 4.03. The van der Waals surface area contributed by atoms with Gasteiger partial charge in [0.1, 0.15) is 29.6 Å². The first kappa shape index (κ1) is 20.3. The minimum absolute atomic E-state index is 0.0808. The molecular formula is C21H23ClFN3O2. The van der Waals surface area contributed by atoms with E-state index in [0.717, 1.165) is 16.8 Å². The normalized spacial score (nSPS) is 12.4. The fraction of sp³-hybridized carbons (Fsp3) is 0.333. The van der Waals surface area contributed by atoms with Crippen LogP contribution in [-0.4, -0.2) is 20.1 Å². The van der Waals surface area contributed by atoms with Crippen LogP contribution in [0.5, 0.6) is 5.75 Å². The molecule has 0 fully saturated rings. The van der Waals surface area contributed by atoms with Crippen molar-refractivity contribution >= 4 is 11.6 Å². The van der Waals surface area contributed by atoms with Gasteiger partial charge >= 0.3 is 0 Å². The SMILES string of the molecule is Cc1cc(OCc2c(C(C)C)nnn2-c2c(F)cccc2Cl)ccc1C(C)O. The summed E-state index contributed by atoms with van der Waals surface area (Å²) in [6.45, 7) is 7.77. The second-order valence-electron chi connectivity index (χ2n) is 7.04. The Bertz CT molecular complexity index is 966. The molecule has 1 N–H and O–H groups in total. The summed E-state index contributed by atoms with van der Waals surface area (Å²) in [5.74, 6) is 0.243. The number of ether oxygens (including phenoxy) is 1. The van der Waals surface area contributed by atoms with E-state index in [1.807, 2.05) is 32.9 Å². The van der Waals surface area contributed by atoms with Crippen LogP contribution in [0.15, 0.2) is 36.4 Å². The number of hydrogen-bond acceptors (Lipinski definition) is 4. The van der Waals surface area contributed by atoms with Gasteiger partial charge in [-0.2, -0.15) is 0 Å². The second-order valence-corrected chi connectivity index (χ2v) is 7.45. The van der Waals surface area contributed by atoms with E-state index in [1.54, 1.807) is 25.1 Å². The number of halogens is 2. The lowest BCUT2D eigenvalue weighted by Gasteiger charge is -2.14. The van der Waals surface area contributed by atoms with E-state index in [0.29, 0.717) is 11.4 Å². The number of hydrogen-bond donors (Lipinski definition) is 1. The van der Waals surface area contributed by atoms with Crippen LogP contribution in [0.25, 0.3) is 5.69 Å². The van der Waals surface area contributed by atoms with Crippen molar-refractivity contribution in [3.8, 4) is 11.4 Å². The van der Waals surface area contributed by atoms with Crippen molar-refractivity contribution in [2.45, 2.75) is 46.3 Å². The third-order valence-corrected chi connectivity index (χ3v) is 4.86. The van der Waals surface area contributed by atoms with Gasteiger partial charge in [0, 0.05) is 0 Å². The zero-order valence-electron chi connectivity index (χ0n) is 16.3. The number of para-hydroxylation sites is 1. The molecule has 1 aromatic heterocycles. The molecule has 3 rings (SSSR count). The molecule has 148 valence electrons. The first-order valence-corrected chi connectivity index (χ1v) is 9.47. The molecule has 0 aliphatic heterocycles. The maximum atomic E-state index is 14.4. The van der Waals surface area contributed by atoms with Crippen molar-refractivity contribution in [2.24, 2.45) is 0 Å². The minimum Gasteiger partial charge on any atom is -0.487 e. The maximum absolute atomic E-state index is 14.4. The van der Waals surface area contributed by atoms with Crippen LogP contribution < -0.4 is 4.74 Å². The molecule has 0 saturated carbocycles. The summed E-state index contributed by atoms with van der Waals surface area (Å²) in [7, 11) is 0. The average molecular weight is 404 g/mol. The van der Waals surface area contributed by atoms with Crippen LogP contribution in [0, 0.1) is 12.7 Å². The Morgan fingerprint density at radius 2 is 1.96 bits per heavy atom. The molecule has 1 atom stereocenters. The molecule has 0 amide bonds. The van der Waals surface area contributed by atoms with Crippen molar-refractivity contribution in [2.75, 3.05) is 0 Å². The fourth-order valence-corrected chi connectivity index (χ4v) is 3.37. The molecule has 0 bridgehead atoms. The van der Waals surface area contributed by atoms with Gasteiger partial charge in [0.2, 0.25) is 0 Å². The summed E-state index contributed by atoms with van der Waals surface area (Å²) in [5.41, 5.74) is 3.29. The summed E-state index contributed by atoms with van der Waals surface area (Å²) in [6.07, 6.45) is -0.546. The zero-order chi connectivity index (χ0) is 20.4. The van der Waals surface area contributed by atoms with E-state index in [-0.39, 0.29) is 23.2 Å². The molecule has 1 unspecified atom stereocenters. The number of aromatic nitrogens is 3. The van der Waals surface area contributed by atoms with Gasteiger partial charge in [-0.15, -0.1) is 5.10 Å². The molecule has 1 heterocycles. The summed E-state index contributed by atoms with van der Waals surface area (Å²) in [4.78, 5) is 0. The van der Waals surface area contributed by atoms with Gasteiger partial charge in [-0.25, -0.2) is 9.07 Å². The van der Waals surface area contributed by atoms with Gasteiger partial charge < -0.3 is 9.84 Å². The van der Waals surface area contributed by atoms with E-state index in [2.05, 4.69) is 10.3 Å². The summed E-state index contributed by atoms with van der Waals surface area (Å²) >= 11 is 6.22. The summed E-state index contributed by atoms with van der Waals surface area (Å²) in [5, 5.41) is 18.4. The van der Waals surface area contributed by atoms with Crippen molar-refractivity contribution in [1.29, 1.82) is 0 Å². The average Bonchev–Trinajstić information content (AvgIpc) is 3.03. The first-order valence-electron chi connectivity index (χ1n) is 9.09. The van der Waals surface area contributed by atoms with E-state index in [4.69, 9.17) is 16.3 Å². The molecular weight excluding hydrogens is 381 g/mol. The first-order chi connectivity index (χ1) is 13.3. The highest BCUT2D eigenvalue weighted by atomic mass is 35.5. The molecule has 7 heteroatoms. The number of benzene rings is 2. The molecule has 0 radical (unpaired) electrons. The lowest BCUT2D eigenvalue weighted by molar-refractivity contribution is 0.198. The predicted molar refractivity (Wildman–Crippen MR) is 107 cm³/mol. The number of aryl methyl sites for hydroxylation is 1. The zero-order valence-corrected chi connectivity index (χ0v) is 17.0. The van der Waals surface area contributed by atoms with Gasteiger partial charge in [-0.05, 0) is 55.2 Å². The molecule has 0 aliphatic rings. The lowest BCUT2D eigenvalue weighted by atomic mass is 10.0. The summed E-state index contributed by atoms with van der Waals surface area (Å²) in [6, 6.07) is 9.99. The number of rotatable bonds is 6. The van der Waals surface area contributed by atoms with Crippen molar-refractivity contribution < 1.29 is 14.2 Å². The monoisotopic (exact) mass is 403 g/mol. The number of nitrogens with zero attached hydrogens (tertiary/aromatic N) is 3. The van der Waals surface area contributed by atoms with E-state index < -0.39 is 11.9 Å². The Hall–Kier alpha value is -2.44. The van der Waals surface area contributed by atoms with Crippen LogP contribution >= 0.6 is 11.6 Å². The number of aliphatic hydroxyl groups is 1. The molecule has 0 spiro atoms. The fourth-order valence-electron chi connectivity index (χ4n) is 3.13. The van der Waals surface area contributed by atoms with Gasteiger partial charge in [0.05, 0.1) is 16.8 Å². The van der Waals surface area contributed by atoms with Crippen molar-refractivity contribution in [3.05, 3.63) is 69.8 Å². The molecule has 0 aliphatic carbocycles. The molecule has 0 saturated heterocycles. The second kappa shape index (κ2) is 8.29. The van der Waals surface area contributed by atoms with Crippen LogP contribution in [0.3, 0.4) is 0 Å². The molecule has 3 aromatic rings. The highest BCUT2D eigenvalue weighted by Crippen LogP contribution is 2.28. The maximum Gasteiger partial charge on any atom is 0.150 e. The van der Waals surface area contributed by atoms with Crippen LogP contribution in [0.1, 0.15) is 55.3 Å². The smallest absolute Gasteiger partial charge is 0.150 e. The highest BCUT2D eigenvalue weighted by molar-refractivity contribution is 6.32. The number of aliphatic hydroxyl groups excluding tert-OH is 1. The summed E-state index contributed by atoms with van der Waals surface area (Å²) < 4.78 is 21.8. The lowest BCUT2D eigenvalue weighted by Crippen LogP contribution is -2.10. The van der Waals surface area contributed by atoms with Crippen LogP contribution in [-0.2, 0) is 6.61 Å². The Kier molecular flexibility index (Phi) is 6.01. The largest absolute Gasteiger partial charge is 0.487 e. The van der Waals surface area contributed by atoms with Gasteiger partial charge in [-0.1, -0.05) is 42.8 Å². The Labute approximate surface area is 168 Å². The van der Waals surface area contributed by atoms with Gasteiger partial charge in [0.25, 0.3) is 0 Å². The third-order valence-electron chi connectivity index (χ3n) is 4.56. The topological polar surface area (TPSA) is 60.2 Å². The Balaban J connectivity index is 1.95.